The molecule has 0 spiro atoms. The Kier molecular flexibility index (Phi) is 5.38. The second-order valence-electron chi connectivity index (χ2n) is 6.01. The van der Waals surface area contributed by atoms with E-state index in [0.29, 0.717) is 23.9 Å². The van der Waals surface area contributed by atoms with E-state index in [1.165, 1.54) is 6.08 Å². The van der Waals surface area contributed by atoms with Crippen LogP contribution in [-0.2, 0) is 4.79 Å². The lowest BCUT2D eigenvalue weighted by atomic mass is 9.87. The predicted octanol–water partition coefficient (Wildman–Crippen LogP) is 3.92. The predicted molar refractivity (Wildman–Crippen MR) is 93.5 cm³/mol. The van der Waals surface area contributed by atoms with Gasteiger partial charge in [-0.1, -0.05) is 23.7 Å². The van der Waals surface area contributed by atoms with Gasteiger partial charge in [0.25, 0.3) is 0 Å². The maximum Gasteiger partial charge on any atom is 0.246 e. The van der Waals surface area contributed by atoms with Crippen LogP contribution in [0, 0.1) is 5.92 Å². The fourth-order valence-corrected chi connectivity index (χ4v) is 3.14. The molecule has 0 saturated carbocycles. The lowest BCUT2D eigenvalue weighted by Gasteiger charge is -2.34. The number of benzene rings is 1. The van der Waals surface area contributed by atoms with E-state index in [1.54, 1.807) is 36.6 Å². The third-order valence-electron chi connectivity index (χ3n) is 4.44. The molecule has 4 nitrogen and oxygen atoms in total. The Morgan fingerprint density at radius 2 is 1.96 bits per heavy atom. The van der Waals surface area contributed by atoms with E-state index in [-0.39, 0.29) is 11.8 Å². The molecule has 5 heteroatoms. The number of nitrogens with zero attached hydrogens (tertiary/aromatic N) is 1. The van der Waals surface area contributed by atoms with Crippen molar-refractivity contribution in [1.29, 1.82) is 0 Å². The highest BCUT2D eigenvalue weighted by molar-refractivity contribution is 6.30. The highest BCUT2D eigenvalue weighted by Gasteiger charge is 2.27. The van der Waals surface area contributed by atoms with Crippen LogP contribution < -0.4 is 0 Å². The van der Waals surface area contributed by atoms with Gasteiger partial charge in [0, 0.05) is 24.2 Å². The van der Waals surface area contributed by atoms with Gasteiger partial charge >= 0.3 is 0 Å². The average Bonchev–Trinajstić information content (AvgIpc) is 3.13. The summed E-state index contributed by atoms with van der Waals surface area (Å²) < 4.78 is 5.18. The van der Waals surface area contributed by atoms with Gasteiger partial charge in [-0.25, -0.2) is 0 Å². The lowest BCUT2D eigenvalue weighted by Crippen LogP contribution is -2.38. The van der Waals surface area contributed by atoms with Crippen LogP contribution in [0.15, 0.2) is 53.2 Å². The van der Waals surface area contributed by atoms with Crippen molar-refractivity contribution in [3.8, 4) is 0 Å². The number of carbonyl (C=O) groups excluding carboxylic acids is 1. The molecule has 1 aliphatic heterocycles. The Morgan fingerprint density at radius 3 is 2.58 bits per heavy atom. The SMILES string of the molecule is O=C(/C=C\c1ccco1)N1CCC([C@H](O)c2ccc(Cl)cc2)CC1. The maximum absolute atomic E-state index is 12.2. The molecular weight excluding hydrogens is 326 g/mol. The van der Waals surface area contributed by atoms with Crippen LogP contribution in [0.5, 0.6) is 0 Å². The molecule has 1 N–H and O–H groups in total. The minimum atomic E-state index is -0.516. The molecule has 0 aliphatic carbocycles. The summed E-state index contributed by atoms with van der Waals surface area (Å²) in [7, 11) is 0. The van der Waals surface area contributed by atoms with Crippen molar-refractivity contribution in [2.24, 2.45) is 5.92 Å². The molecule has 1 saturated heterocycles. The zero-order valence-corrected chi connectivity index (χ0v) is 14.0. The summed E-state index contributed by atoms with van der Waals surface area (Å²) in [5.41, 5.74) is 0.877. The molecule has 0 bridgehead atoms. The van der Waals surface area contributed by atoms with Gasteiger partial charge in [0.1, 0.15) is 5.76 Å². The molecular formula is C19H20ClNO3. The average molecular weight is 346 g/mol. The summed E-state index contributed by atoms with van der Waals surface area (Å²) in [5, 5.41) is 11.2. The molecule has 1 atom stereocenters. The zero-order valence-electron chi connectivity index (χ0n) is 13.3. The van der Waals surface area contributed by atoms with E-state index in [1.807, 2.05) is 17.0 Å². The molecule has 1 aromatic carbocycles. The van der Waals surface area contributed by atoms with Gasteiger partial charge in [0.15, 0.2) is 0 Å². The Labute approximate surface area is 146 Å². The van der Waals surface area contributed by atoms with Crippen molar-refractivity contribution < 1.29 is 14.3 Å². The molecule has 1 aliphatic rings. The molecule has 1 amide bonds. The summed E-state index contributed by atoms with van der Waals surface area (Å²) in [6, 6.07) is 10.9. The Morgan fingerprint density at radius 1 is 1.25 bits per heavy atom. The monoisotopic (exact) mass is 345 g/mol. The molecule has 2 heterocycles. The van der Waals surface area contributed by atoms with Gasteiger partial charge in [0.2, 0.25) is 5.91 Å². The lowest BCUT2D eigenvalue weighted by molar-refractivity contribution is -0.127. The minimum absolute atomic E-state index is 0.0224. The first-order chi connectivity index (χ1) is 11.6. The number of carbonyl (C=O) groups is 1. The summed E-state index contributed by atoms with van der Waals surface area (Å²) >= 11 is 5.88. The topological polar surface area (TPSA) is 53.7 Å². The Balaban J connectivity index is 1.53. The number of likely N-dealkylation sites (tertiary alicyclic amines) is 1. The number of hydrogen-bond donors (Lipinski definition) is 1. The van der Waals surface area contributed by atoms with E-state index in [4.69, 9.17) is 16.0 Å². The zero-order chi connectivity index (χ0) is 16.9. The first-order valence-corrected chi connectivity index (χ1v) is 8.45. The largest absolute Gasteiger partial charge is 0.465 e. The maximum atomic E-state index is 12.2. The molecule has 0 radical (unpaired) electrons. The van der Waals surface area contributed by atoms with Crippen LogP contribution in [-0.4, -0.2) is 29.0 Å². The molecule has 2 aromatic rings. The van der Waals surface area contributed by atoms with Crippen LogP contribution in [0.25, 0.3) is 6.08 Å². The third-order valence-corrected chi connectivity index (χ3v) is 4.69. The number of piperidine rings is 1. The van der Waals surface area contributed by atoms with Crippen LogP contribution in [0.4, 0.5) is 0 Å². The number of furan rings is 1. The van der Waals surface area contributed by atoms with E-state index in [2.05, 4.69) is 0 Å². The molecule has 1 aromatic heterocycles. The van der Waals surface area contributed by atoms with Gasteiger partial charge in [-0.05, 0) is 54.7 Å². The number of halogens is 1. The first-order valence-electron chi connectivity index (χ1n) is 8.07. The third kappa shape index (κ3) is 4.08. The Bertz CT molecular complexity index is 686. The van der Waals surface area contributed by atoms with Crippen molar-refractivity contribution in [2.45, 2.75) is 18.9 Å². The van der Waals surface area contributed by atoms with E-state index >= 15 is 0 Å². The highest BCUT2D eigenvalue weighted by Crippen LogP contribution is 2.31. The standard InChI is InChI=1S/C19H20ClNO3/c20-16-5-3-14(4-6-16)19(23)15-9-11-21(12-10-15)18(22)8-7-17-2-1-13-24-17/h1-8,13,15,19,23H,9-12H2/b8-7-/t19-/m1/s1. The van der Waals surface area contributed by atoms with Crippen LogP contribution in [0.3, 0.4) is 0 Å². The summed E-state index contributed by atoms with van der Waals surface area (Å²) in [6.07, 6.45) is 5.84. The Hall–Kier alpha value is -2.04. The first kappa shape index (κ1) is 16.8. The quantitative estimate of drug-likeness (QED) is 0.854. The van der Waals surface area contributed by atoms with Gasteiger partial charge in [0.05, 0.1) is 12.4 Å². The molecule has 3 rings (SSSR count). The summed E-state index contributed by atoms with van der Waals surface area (Å²) in [6.45, 7) is 1.30. The van der Waals surface area contributed by atoms with E-state index in [9.17, 15) is 9.90 Å². The number of aliphatic hydroxyl groups is 1. The van der Waals surface area contributed by atoms with Crippen LogP contribution in [0.1, 0.15) is 30.3 Å². The second-order valence-corrected chi connectivity index (χ2v) is 6.44. The normalized spacial score (nSPS) is 17.3. The summed E-state index contributed by atoms with van der Waals surface area (Å²) in [5.74, 6) is 0.798. The minimum Gasteiger partial charge on any atom is -0.465 e. The summed E-state index contributed by atoms with van der Waals surface area (Å²) in [4.78, 5) is 14.0. The number of aliphatic hydroxyl groups excluding tert-OH is 1. The number of rotatable bonds is 4. The molecule has 0 unspecified atom stereocenters. The fourth-order valence-electron chi connectivity index (χ4n) is 3.01. The fraction of sp³-hybridized carbons (Fsp3) is 0.316. The highest BCUT2D eigenvalue weighted by atomic mass is 35.5. The van der Waals surface area contributed by atoms with Crippen molar-refractivity contribution >= 4 is 23.6 Å². The van der Waals surface area contributed by atoms with Crippen molar-refractivity contribution in [2.75, 3.05) is 13.1 Å². The molecule has 126 valence electrons. The van der Waals surface area contributed by atoms with Crippen molar-refractivity contribution in [1.82, 2.24) is 4.90 Å². The number of amides is 1. The molecule has 24 heavy (non-hydrogen) atoms. The second kappa shape index (κ2) is 7.69. The van der Waals surface area contributed by atoms with Crippen molar-refractivity contribution in [3.05, 3.63) is 65.1 Å². The molecule has 1 fully saturated rings. The van der Waals surface area contributed by atoms with Gasteiger partial charge in [-0.2, -0.15) is 0 Å². The van der Waals surface area contributed by atoms with Crippen LogP contribution >= 0.6 is 11.6 Å². The van der Waals surface area contributed by atoms with Crippen LogP contribution in [0.2, 0.25) is 5.02 Å². The smallest absolute Gasteiger partial charge is 0.246 e. The van der Waals surface area contributed by atoms with E-state index < -0.39 is 6.10 Å². The van der Waals surface area contributed by atoms with Gasteiger partial charge in [-0.15, -0.1) is 0 Å². The van der Waals surface area contributed by atoms with E-state index in [0.717, 1.165) is 18.4 Å². The van der Waals surface area contributed by atoms with Gasteiger partial charge in [-0.3, -0.25) is 4.79 Å². The van der Waals surface area contributed by atoms with Gasteiger partial charge < -0.3 is 14.4 Å². The van der Waals surface area contributed by atoms with Crippen molar-refractivity contribution in [3.63, 3.8) is 0 Å². The number of hydrogen-bond acceptors (Lipinski definition) is 3.